The largest absolute Gasteiger partial charge is 0.337 e. The highest BCUT2D eigenvalue weighted by Crippen LogP contribution is 2.21. The van der Waals surface area contributed by atoms with Gasteiger partial charge < -0.3 is 10.6 Å². The van der Waals surface area contributed by atoms with Crippen LogP contribution >= 0.6 is 0 Å². The molecule has 2 fully saturated rings. The first-order chi connectivity index (χ1) is 10.1. The monoisotopic (exact) mass is 291 g/mol. The molecule has 2 saturated heterocycles. The van der Waals surface area contributed by atoms with E-state index in [0.29, 0.717) is 17.6 Å². The Morgan fingerprint density at radius 2 is 1.76 bits per heavy atom. The van der Waals surface area contributed by atoms with Crippen LogP contribution in [0, 0.1) is 5.82 Å². The van der Waals surface area contributed by atoms with Crippen molar-refractivity contribution in [2.24, 2.45) is 5.73 Å². The van der Waals surface area contributed by atoms with E-state index in [1.807, 2.05) is 4.90 Å². The number of nitrogens with two attached hydrogens (primary N) is 1. The van der Waals surface area contributed by atoms with Crippen LogP contribution in [0.4, 0.5) is 4.39 Å². The van der Waals surface area contributed by atoms with Crippen molar-refractivity contribution in [3.05, 3.63) is 35.6 Å². The molecule has 114 valence electrons. The number of halogens is 1. The van der Waals surface area contributed by atoms with Gasteiger partial charge in [-0.05, 0) is 56.6 Å². The van der Waals surface area contributed by atoms with Crippen LogP contribution < -0.4 is 5.73 Å². The minimum atomic E-state index is -0.310. The van der Waals surface area contributed by atoms with Gasteiger partial charge in [-0.15, -0.1) is 0 Å². The molecule has 1 atom stereocenters. The van der Waals surface area contributed by atoms with Gasteiger partial charge >= 0.3 is 0 Å². The van der Waals surface area contributed by atoms with Crippen molar-refractivity contribution in [3.63, 3.8) is 0 Å². The summed E-state index contributed by atoms with van der Waals surface area (Å²) < 4.78 is 12.9. The Kier molecular flexibility index (Phi) is 4.22. The van der Waals surface area contributed by atoms with E-state index in [1.54, 1.807) is 12.1 Å². The third kappa shape index (κ3) is 3.24. The number of likely N-dealkylation sites (tertiary alicyclic amines) is 2. The van der Waals surface area contributed by atoms with Gasteiger partial charge in [-0.2, -0.15) is 0 Å². The van der Waals surface area contributed by atoms with Crippen LogP contribution in [0.2, 0.25) is 0 Å². The average molecular weight is 291 g/mol. The first-order valence-corrected chi connectivity index (χ1v) is 7.68. The minimum Gasteiger partial charge on any atom is -0.337 e. The molecule has 0 saturated carbocycles. The minimum absolute atomic E-state index is 0.00575. The summed E-state index contributed by atoms with van der Waals surface area (Å²) in [6, 6.07) is 6.58. The van der Waals surface area contributed by atoms with Crippen LogP contribution in [0.5, 0.6) is 0 Å². The number of carbonyl (C=O) groups is 1. The fourth-order valence-electron chi connectivity index (χ4n) is 3.28. The van der Waals surface area contributed by atoms with E-state index in [0.717, 1.165) is 45.4 Å². The predicted molar refractivity (Wildman–Crippen MR) is 79.5 cm³/mol. The number of benzene rings is 1. The molecule has 3 rings (SSSR count). The molecule has 1 amide bonds. The van der Waals surface area contributed by atoms with E-state index >= 15 is 0 Å². The Balaban J connectivity index is 1.59. The highest BCUT2D eigenvalue weighted by Gasteiger charge is 2.32. The Morgan fingerprint density at radius 3 is 2.43 bits per heavy atom. The molecule has 2 aliphatic heterocycles. The summed E-state index contributed by atoms with van der Waals surface area (Å²) in [6.07, 6.45) is 3.10. The fourth-order valence-corrected chi connectivity index (χ4v) is 3.28. The first kappa shape index (κ1) is 14.5. The second-order valence-electron chi connectivity index (χ2n) is 6.07. The maximum atomic E-state index is 12.9. The standard InChI is InChI=1S/C16H22FN3O/c17-13-3-1-12(2-4-13)16(21)20-10-7-15(11-20)19-8-5-14(18)6-9-19/h1-4,14-15H,5-11,18H2. The van der Waals surface area contributed by atoms with E-state index in [9.17, 15) is 9.18 Å². The van der Waals surface area contributed by atoms with E-state index in [1.165, 1.54) is 12.1 Å². The molecule has 0 bridgehead atoms. The number of nitrogens with zero attached hydrogens (tertiary/aromatic N) is 2. The summed E-state index contributed by atoms with van der Waals surface area (Å²) in [4.78, 5) is 16.7. The van der Waals surface area contributed by atoms with E-state index in [4.69, 9.17) is 5.73 Å². The first-order valence-electron chi connectivity index (χ1n) is 7.68. The number of piperidine rings is 1. The van der Waals surface area contributed by atoms with E-state index in [-0.39, 0.29) is 11.7 Å². The predicted octanol–water partition coefficient (Wildman–Crippen LogP) is 1.46. The average Bonchev–Trinajstić information content (AvgIpc) is 2.98. The van der Waals surface area contributed by atoms with Gasteiger partial charge in [0.1, 0.15) is 5.82 Å². The summed E-state index contributed by atoms with van der Waals surface area (Å²) in [6.45, 7) is 3.61. The number of hydrogen-bond donors (Lipinski definition) is 1. The fraction of sp³-hybridized carbons (Fsp3) is 0.562. The SMILES string of the molecule is NC1CCN(C2CCN(C(=O)c3ccc(F)cc3)C2)CC1. The zero-order valence-electron chi connectivity index (χ0n) is 12.2. The van der Waals surface area contributed by atoms with Crippen molar-refractivity contribution in [2.75, 3.05) is 26.2 Å². The molecular formula is C16H22FN3O. The van der Waals surface area contributed by atoms with Crippen LogP contribution in [0.25, 0.3) is 0 Å². The second kappa shape index (κ2) is 6.12. The van der Waals surface area contributed by atoms with Gasteiger partial charge in [-0.25, -0.2) is 4.39 Å². The van der Waals surface area contributed by atoms with Gasteiger partial charge in [-0.3, -0.25) is 9.69 Å². The van der Waals surface area contributed by atoms with Crippen molar-refractivity contribution in [1.82, 2.24) is 9.80 Å². The normalized spacial score (nSPS) is 24.5. The molecular weight excluding hydrogens is 269 g/mol. The molecule has 2 N–H and O–H groups in total. The smallest absolute Gasteiger partial charge is 0.253 e. The lowest BCUT2D eigenvalue weighted by Crippen LogP contribution is -2.46. The van der Waals surface area contributed by atoms with Crippen molar-refractivity contribution in [3.8, 4) is 0 Å². The Hall–Kier alpha value is -1.46. The van der Waals surface area contributed by atoms with Gasteiger partial charge in [0.15, 0.2) is 0 Å². The topological polar surface area (TPSA) is 49.6 Å². The van der Waals surface area contributed by atoms with Crippen molar-refractivity contribution in [1.29, 1.82) is 0 Å². The van der Waals surface area contributed by atoms with Gasteiger partial charge in [0, 0.05) is 30.7 Å². The molecule has 0 aromatic heterocycles. The van der Waals surface area contributed by atoms with Crippen molar-refractivity contribution in [2.45, 2.75) is 31.3 Å². The van der Waals surface area contributed by atoms with Crippen LogP contribution in [0.15, 0.2) is 24.3 Å². The molecule has 1 unspecified atom stereocenters. The molecule has 0 aliphatic carbocycles. The Morgan fingerprint density at radius 1 is 1.10 bits per heavy atom. The van der Waals surface area contributed by atoms with Crippen LogP contribution in [-0.2, 0) is 0 Å². The molecule has 1 aromatic carbocycles. The lowest BCUT2D eigenvalue weighted by Gasteiger charge is -2.34. The number of carbonyl (C=O) groups excluding carboxylic acids is 1. The summed E-state index contributed by atoms with van der Waals surface area (Å²) in [7, 11) is 0. The van der Waals surface area contributed by atoms with Gasteiger partial charge in [0.2, 0.25) is 0 Å². The number of hydrogen-bond acceptors (Lipinski definition) is 3. The lowest BCUT2D eigenvalue weighted by molar-refractivity contribution is 0.0769. The van der Waals surface area contributed by atoms with E-state index < -0.39 is 0 Å². The number of amides is 1. The molecule has 0 spiro atoms. The Labute approximate surface area is 124 Å². The highest BCUT2D eigenvalue weighted by atomic mass is 19.1. The Bertz CT molecular complexity index is 497. The van der Waals surface area contributed by atoms with Gasteiger partial charge in [0.25, 0.3) is 5.91 Å². The van der Waals surface area contributed by atoms with Crippen molar-refractivity contribution >= 4 is 5.91 Å². The van der Waals surface area contributed by atoms with Gasteiger partial charge in [-0.1, -0.05) is 0 Å². The molecule has 21 heavy (non-hydrogen) atoms. The summed E-state index contributed by atoms with van der Waals surface area (Å²) in [5, 5.41) is 0. The van der Waals surface area contributed by atoms with Crippen LogP contribution in [0.3, 0.4) is 0 Å². The quantitative estimate of drug-likeness (QED) is 0.897. The summed E-state index contributed by atoms with van der Waals surface area (Å²) in [5.74, 6) is -0.304. The summed E-state index contributed by atoms with van der Waals surface area (Å²) >= 11 is 0. The zero-order valence-corrected chi connectivity index (χ0v) is 12.2. The second-order valence-corrected chi connectivity index (χ2v) is 6.07. The molecule has 4 nitrogen and oxygen atoms in total. The van der Waals surface area contributed by atoms with Crippen LogP contribution in [-0.4, -0.2) is 54.0 Å². The molecule has 2 aliphatic rings. The van der Waals surface area contributed by atoms with Crippen molar-refractivity contribution < 1.29 is 9.18 Å². The zero-order chi connectivity index (χ0) is 14.8. The maximum absolute atomic E-state index is 12.9. The summed E-state index contributed by atoms with van der Waals surface area (Å²) in [5.41, 5.74) is 6.50. The van der Waals surface area contributed by atoms with Gasteiger partial charge in [0.05, 0.1) is 0 Å². The molecule has 5 heteroatoms. The number of rotatable bonds is 2. The molecule has 2 heterocycles. The highest BCUT2D eigenvalue weighted by molar-refractivity contribution is 5.94. The third-order valence-corrected chi connectivity index (χ3v) is 4.63. The van der Waals surface area contributed by atoms with Crippen LogP contribution in [0.1, 0.15) is 29.6 Å². The maximum Gasteiger partial charge on any atom is 0.253 e. The molecule has 1 aromatic rings. The third-order valence-electron chi connectivity index (χ3n) is 4.63. The molecule has 0 radical (unpaired) electrons. The van der Waals surface area contributed by atoms with E-state index in [2.05, 4.69) is 4.90 Å². The lowest BCUT2D eigenvalue weighted by atomic mass is 10.0.